The lowest BCUT2D eigenvalue weighted by molar-refractivity contribution is 0.0615. The number of nitrogens with zero attached hydrogens (tertiary/aromatic N) is 4. The molecule has 1 aliphatic heterocycles. The largest absolute Gasteiger partial charge is 0.471 e. The number of ether oxygens (including phenoxy) is 3. The molecule has 3 N–H and O–H groups in total. The fourth-order valence-corrected chi connectivity index (χ4v) is 3.23. The van der Waals surface area contributed by atoms with Crippen molar-refractivity contribution in [2.75, 3.05) is 18.5 Å². The van der Waals surface area contributed by atoms with Crippen LogP contribution < -0.4 is 15.4 Å². The zero-order valence-corrected chi connectivity index (χ0v) is 17.7. The number of alkyl carbamates (subject to hydrolysis) is 1. The molecule has 14 heteroatoms. The van der Waals surface area contributed by atoms with E-state index < -0.39 is 37.5 Å². The molecular weight excluding hydrogens is 447 g/mol. The van der Waals surface area contributed by atoms with Crippen molar-refractivity contribution >= 4 is 23.2 Å². The minimum absolute atomic E-state index is 0.0150. The summed E-state index contributed by atoms with van der Waals surface area (Å²) in [6.07, 6.45) is -4.01. The lowest BCUT2D eigenvalue weighted by Gasteiger charge is -2.16. The highest BCUT2D eigenvalue weighted by Crippen LogP contribution is 2.34. The van der Waals surface area contributed by atoms with Crippen molar-refractivity contribution in [2.45, 2.75) is 44.7 Å². The molecule has 0 spiro atoms. The zero-order chi connectivity index (χ0) is 23.5. The number of hydrogen-bond donors (Lipinski definition) is 3. The Bertz CT molecular complexity index is 1110. The van der Waals surface area contributed by atoms with Crippen LogP contribution in [0.5, 0.6) is 5.88 Å². The van der Waals surface area contributed by atoms with Gasteiger partial charge in [-0.25, -0.2) is 27.5 Å². The molecule has 4 heterocycles. The summed E-state index contributed by atoms with van der Waals surface area (Å²) >= 11 is 0. The molecule has 0 saturated carbocycles. The number of alkyl halides is 3. The summed E-state index contributed by atoms with van der Waals surface area (Å²) in [5.74, 6) is 0.645. The Morgan fingerprint density at radius 3 is 2.97 bits per heavy atom. The number of anilines is 2. The third kappa shape index (κ3) is 5.27. The summed E-state index contributed by atoms with van der Waals surface area (Å²) in [4.78, 5) is 15.9. The topological polar surface area (TPSA) is 128 Å². The number of rotatable bonds is 8. The second-order valence-corrected chi connectivity index (χ2v) is 7.57. The Morgan fingerprint density at radius 2 is 2.21 bits per heavy atom. The van der Waals surface area contributed by atoms with Gasteiger partial charge < -0.3 is 24.8 Å². The van der Waals surface area contributed by atoms with E-state index in [0.717, 1.165) is 0 Å². The minimum Gasteiger partial charge on any atom is -0.471 e. The van der Waals surface area contributed by atoms with Crippen molar-refractivity contribution in [1.82, 2.24) is 30.1 Å². The van der Waals surface area contributed by atoms with Crippen molar-refractivity contribution in [3.05, 3.63) is 30.2 Å². The van der Waals surface area contributed by atoms with Crippen LogP contribution in [0.25, 0.3) is 5.52 Å². The highest BCUT2D eigenvalue weighted by molar-refractivity contribution is 5.72. The molecule has 178 valence electrons. The molecule has 33 heavy (non-hydrogen) atoms. The van der Waals surface area contributed by atoms with Gasteiger partial charge in [0, 0.05) is 30.6 Å². The summed E-state index contributed by atoms with van der Waals surface area (Å²) in [6.45, 7) is 2.64. The molecule has 1 saturated heterocycles. The van der Waals surface area contributed by atoms with E-state index in [0.29, 0.717) is 22.8 Å². The van der Waals surface area contributed by atoms with Crippen molar-refractivity contribution in [1.29, 1.82) is 0 Å². The van der Waals surface area contributed by atoms with Crippen LogP contribution in [0.4, 0.5) is 29.6 Å². The Labute approximate surface area is 185 Å². The average molecular weight is 469 g/mol. The molecule has 11 nitrogen and oxygen atoms in total. The smallest absolute Gasteiger partial charge is 0.407 e. The highest BCUT2D eigenvalue weighted by Gasteiger charge is 2.42. The molecule has 3 atom stereocenters. The molecule has 4 rings (SSSR count). The molecule has 3 aromatic rings. The summed E-state index contributed by atoms with van der Waals surface area (Å²) in [5.41, 5.74) is 0.790. The number of hydrogen-bond acceptors (Lipinski definition) is 8. The number of carbonyl (C=O) groups excluding carboxylic acids is 1. The predicted octanol–water partition coefficient (Wildman–Crippen LogP) is 2.75. The maximum atomic E-state index is 14.8. The lowest BCUT2D eigenvalue weighted by atomic mass is 10.1. The van der Waals surface area contributed by atoms with Crippen LogP contribution in [0, 0.1) is 0 Å². The molecule has 1 fully saturated rings. The quantitative estimate of drug-likeness (QED) is 0.460. The van der Waals surface area contributed by atoms with Gasteiger partial charge in [0.1, 0.15) is 11.6 Å². The van der Waals surface area contributed by atoms with Crippen LogP contribution in [0.3, 0.4) is 0 Å². The van der Waals surface area contributed by atoms with Gasteiger partial charge in [-0.15, -0.1) is 5.10 Å². The first-order chi connectivity index (χ1) is 15.8. The first kappa shape index (κ1) is 22.6. The molecule has 0 bridgehead atoms. The first-order valence-corrected chi connectivity index (χ1v) is 10.1. The van der Waals surface area contributed by atoms with E-state index in [-0.39, 0.29) is 18.5 Å². The van der Waals surface area contributed by atoms with E-state index >= 15 is 0 Å². The Balaban J connectivity index is 1.43. The van der Waals surface area contributed by atoms with Gasteiger partial charge in [0.15, 0.2) is 30.5 Å². The molecule has 0 unspecified atom stereocenters. The second kappa shape index (κ2) is 9.52. The van der Waals surface area contributed by atoms with E-state index in [4.69, 9.17) is 14.2 Å². The maximum absolute atomic E-state index is 14.8. The van der Waals surface area contributed by atoms with E-state index in [1.165, 1.54) is 29.0 Å². The molecule has 3 aromatic heterocycles. The lowest BCUT2D eigenvalue weighted by Crippen LogP contribution is -2.36. The Kier molecular flexibility index (Phi) is 6.53. The van der Waals surface area contributed by atoms with Gasteiger partial charge in [-0.05, 0) is 13.8 Å². The predicted molar refractivity (Wildman–Crippen MR) is 108 cm³/mol. The van der Waals surface area contributed by atoms with Crippen molar-refractivity contribution in [3.8, 4) is 5.88 Å². The van der Waals surface area contributed by atoms with Gasteiger partial charge in [0.05, 0.1) is 12.3 Å². The highest BCUT2D eigenvalue weighted by atomic mass is 19.3. The first-order valence-electron chi connectivity index (χ1n) is 10.1. The van der Waals surface area contributed by atoms with Crippen LogP contribution in [0.2, 0.25) is 0 Å². The van der Waals surface area contributed by atoms with E-state index in [1.54, 1.807) is 13.8 Å². The van der Waals surface area contributed by atoms with E-state index in [2.05, 4.69) is 30.9 Å². The average Bonchev–Trinajstić information content (AvgIpc) is 3.45. The number of halogens is 3. The molecule has 1 aliphatic rings. The van der Waals surface area contributed by atoms with Crippen LogP contribution in [0.1, 0.15) is 25.6 Å². The van der Waals surface area contributed by atoms with Gasteiger partial charge in [-0.1, -0.05) is 0 Å². The minimum atomic E-state index is -2.63. The number of fused-ring (bicyclic) bond motifs is 1. The number of amides is 1. The SMILES string of the molecule is CC(C)NC(=O)O[C@@H]1CO[C@H](c2cc(Nc3nccn4nc(OCC(F)F)cc34)n[nH]2)[C@H]1F. The maximum Gasteiger partial charge on any atom is 0.407 e. The number of nitrogens with one attached hydrogen (secondary N) is 3. The summed E-state index contributed by atoms with van der Waals surface area (Å²) in [7, 11) is 0. The van der Waals surface area contributed by atoms with Crippen LogP contribution >= 0.6 is 0 Å². The molecule has 0 radical (unpaired) electrons. The van der Waals surface area contributed by atoms with Gasteiger partial charge in [-0.3, -0.25) is 5.10 Å². The molecule has 0 aromatic carbocycles. The Morgan fingerprint density at radius 1 is 1.39 bits per heavy atom. The van der Waals surface area contributed by atoms with Gasteiger partial charge in [-0.2, -0.15) is 5.10 Å². The number of aromatic amines is 1. The molecular formula is C19H22F3N7O4. The molecule has 1 amide bonds. The third-order valence-corrected chi connectivity index (χ3v) is 4.62. The van der Waals surface area contributed by atoms with Crippen molar-refractivity contribution < 1.29 is 32.2 Å². The fraction of sp³-hybridized carbons (Fsp3) is 0.474. The summed E-state index contributed by atoms with van der Waals surface area (Å²) in [6, 6.07) is 2.84. The summed E-state index contributed by atoms with van der Waals surface area (Å²) in [5, 5.41) is 16.3. The van der Waals surface area contributed by atoms with Crippen LogP contribution in [-0.2, 0) is 9.47 Å². The molecule has 0 aliphatic carbocycles. The van der Waals surface area contributed by atoms with E-state index in [9.17, 15) is 18.0 Å². The third-order valence-electron chi connectivity index (χ3n) is 4.62. The number of aromatic nitrogens is 5. The fourth-order valence-electron chi connectivity index (χ4n) is 3.23. The van der Waals surface area contributed by atoms with Crippen LogP contribution in [-0.4, -0.2) is 68.8 Å². The summed E-state index contributed by atoms with van der Waals surface area (Å²) < 4.78 is 56.5. The van der Waals surface area contributed by atoms with Gasteiger partial charge in [0.25, 0.3) is 6.43 Å². The Hall–Kier alpha value is -3.55. The number of carbonyl (C=O) groups is 1. The monoisotopic (exact) mass is 469 g/mol. The van der Waals surface area contributed by atoms with Gasteiger partial charge >= 0.3 is 6.09 Å². The second-order valence-electron chi connectivity index (χ2n) is 7.57. The van der Waals surface area contributed by atoms with E-state index in [1.807, 2.05) is 0 Å². The normalized spacial score (nSPS) is 20.5. The zero-order valence-electron chi connectivity index (χ0n) is 17.7. The van der Waals surface area contributed by atoms with Crippen molar-refractivity contribution in [2.24, 2.45) is 0 Å². The van der Waals surface area contributed by atoms with Crippen LogP contribution in [0.15, 0.2) is 24.5 Å². The van der Waals surface area contributed by atoms with Crippen molar-refractivity contribution in [3.63, 3.8) is 0 Å². The number of H-pyrrole nitrogens is 1. The standard InChI is InChI=1S/C19H22F3N7O4/c1-9(2)24-19(30)33-12-7-32-17(16(12)22)10-5-14(27-26-10)25-18-11-6-15(31-8-13(20)21)28-29(11)4-3-23-18/h3-6,9,12-13,16-17H,7-8H2,1-2H3,(H,24,30)(H2,23,25,26,27)/t12-,16+,17-/m1/s1. The van der Waals surface area contributed by atoms with Gasteiger partial charge in [0.2, 0.25) is 5.88 Å².